The Bertz CT molecular complexity index is 339. The van der Waals surface area contributed by atoms with Gasteiger partial charge in [0.1, 0.15) is 6.33 Å². The van der Waals surface area contributed by atoms with Crippen LogP contribution < -0.4 is 5.32 Å². The van der Waals surface area contributed by atoms with Crippen molar-refractivity contribution in [2.24, 2.45) is 5.92 Å². The summed E-state index contributed by atoms with van der Waals surface area (Å²) in [7, 11) is 0. The molecule has 1 aromatic heterocycles. The van der Waals surface area contributed by atoms with Crippen molar-refractivity contribution in [1.82, 2.24) is 25.5 Å². The molecule has 1 rings (SSSR count). The summed E-state index contributed by atoms with van der Waals surface area (Å²) in [6, 6.07) is 0. The van der Waals surface area contributed by atoms with Crippen LogP contribution in [-0.4, -0.2) is 32.7 Å². The number of rotatable bonds is 10. The zero-order chi connectivity index (χ0) is 13.9. The Morgan fingerprint density at radius 1 is 1.32 bits per heavy atom. The summed E-state index contributed by atoms with van der Waals surface area (Å²) in [5, 5.41) is 13.7. The zero-order valence-electron chi connectivity index (χ0n) is 12.0. The lowest BCUT2D eigenvalue weighted by molar-refractivity contribution is -0.124. The molecule has 1 atom stereocenters. The molecule has 1 amide bonds. The first-order valence-corrected chi connectivity index (χ1v) is 7.22. The molecule has 19 heavy (non-hydrogen) atoms. The Hall–Kier alpha value is -1.46. The van der Waals surface area contributed by atoms with Gasteiger partial charge in [0.15, 0.2) is 0 Å². The van der Waals surface area contributed by atoms with E-state index in [0.717, 1.165) is 12.8 Å². The van der Waals surface area contributed by atoms with Crippen LogP contribution in [0, 0.1) is 5.92 Å². The second-order valence-corrected chi connectivity index (χ2v) is 4.97. The number of nitrogens with zero attached hydrogens (tertiary/aromatic N) is 4. The normalized spacial score (nSPS) is 12.3. The molecule has 1 heterocycles. The fraction of sp³-hybridized carbons (Fsp3) is 0.846. The number of hydrogen-bond acceptors (Lipinski definition) is 4. The lowest BCUT2D eigenvalue weighted by atomic mass is 10.0. The van der Waals surface area contributed by atoms with Gasteiger partial charge in [0.2, 0.25) is 5.91 Å². The molecule has 0 bridgehead atoms. The van der Waals surface area contributed by atoms with Gasteiger partial charge in [-0.25, -0.2) is 4.68 Å². The third-order valence-electron chi connectivity index (χ3n) is 3.22. The average molecular weight is 267 g/mol. The van der Waals surface area contributed by atoms with Crippen molar-refractivity contribution in [3.63, 3.8) is 0 Å². The maximum absolute atomic E-state index is 11.8. The van der Waals surface area contributed by atoms with E-state index in [-0.39, 0.29) is 11.8 Å². The van der Waals surface area contributed by atoms with Crippen LogP contribution in [0.1, 0.15) is 52.4 Å². The van der Waals surface area contributed by atoms with E-state index >= 15 is 0 Å². The quantitative estimate of drug-likeness (QED) is 0.656. The molecule has 0 aromatic carbocycles. The van der Waals surface area contributed by atoms with E-state index in [1.807, 2.05) is 6.92 Å². The van der Waals surface area contributed by atoms with Crippen molar-refractivity contribution in [2.75, 3.05) is 6.54 Å². The van der Waals surface area contributed by atoms with Crippen LogP contribution in [0.15, 0.2) is 6.33 Å². The molecule has 6 heteroatoms. The number of unbranched alkanes of at least 4 members (excludes halogenated alkanes) is 4. The van der Waals surface area contributed by atoms with Crippen LogP contribution in [-0.2, 0) is 11.3 Å². The maximum Gasteiger partial charge on any atom is 0.222 e. The fourth-order valence-corrected chi connectivity index (χ4v) is 1.94. The highest BCUT2D eigenvalue weighted by atomic mass is 16.1. The van der Waals surface area contributed by atoms with Crippen molar-refractivity contribution >= 4 is 5.91 Å². The van der Waals surface area contributed by atoms with Crippen molar-refractivity contribution in [3.8, 4) is 0 Å². The Kier molecular flexibility index (Phi) is 7.77. The molecule has 0 fully saturated rings. The lowest BCUT2D eigenvalue weighted by Crippen LogP contribution is -2.32. The number of aromatic nitrogens is 4. The molecule has 1 N–H and O–H groups in total. The fourth-order valence-electron chi connectivity index (χ4n) is 1.94. The Labute approximate surface area is 115 Å². The van der Waals surface area contributed by atoms with Crippen LogP contribution in [0.5, 0.6) is 0 Å². The van der Waals surface area contributed by atoms with E-state index in [1.165, 1.54) is 25.7 Å². The number of carbonyl (C=O) groups excluding carboxylic acids is 1. The number of carbonyl (C=O) groups is 1. The summed E-state index contributed by atoms with van der Waals surface area (Å²) < 4.78 is 1.61. The molecule has 6 nitrogen and oxygen atoms in total. The molecule has 0 aliphatic carbocycles. The first-order chi connectivity index (χ1) is 9.24. The monoisotopic (exact) mass is 267 g/mol. The van der Waals surface area contributed by atoms with Crippen LogP contribution >= 0.6 is 0 Å². The first kappa shape index (κ1) is 15.6. The highest BCUT2D eigenvalue weighted by molar-refractivity contribution is 5.78. The molecular weight excluding hydrogens is 242 g/mol. The minimum atomic E-state index is 0.0931. The molecule has 0 aliphatic heterocycles. The van der Waals surface area contributed by atoms with Crippen LogP contribution in [0.4, 0.5) is 0 Å². The van der Waals surface area contributed by atoms with Crippen molar-refractivity contribution in [2.45, 2.75) is 58.9 Å². The summed E-state index contributed by atoms with van der Waals surface area (Å²) in [5.41, 5.74) is 0. The van der Waals surface area contributed by atoms with Gasteiger partial charge in [0.25, 0.3) is 0 Å². The van der Waals surface area contributed by atoms with Crippen LogP contribution in [0.2, 0.25) is 0 Å². The van der Waals surface area contributed by atoms with Gasteiger partial charge in [-0.2, -0.15) is 0 Å². The van der Waals surface area contributed by atoms with Gasteiger partial charge >= 0.3 is 0 Å². The van der Waals surface area contributed by atoms with E-state index in [2.05, 4.69) is 27.8 Å². The van der Waals surface area contributed by atoms with Gasteiger partial charge in [-0.3, -0.25) is 4.79 Å². The highest BCUT2D eigenvalue weighted by Gasteiger charge is 2.11. The van der Waals surface area contributed by atoms with Gasteiger partial charge in [-0.15, -0.1) is 5.10 Å². The van der Waals surface area contributed by atoms with Gasteiger partial charge in [0, 0.05) is 12.5 Å². The number of nitrogens with one attached hydrogen (secondary N) is 1. The van der Waals surface area contributed by atoms with Gasteiger partial charge in [-0.05, 0) is 16.8 Å². The first-order valence-electron chi connectivity index (χ1n) is 7.22. The average Bonchev–Trinajstić information content (AvgIpc) is 2.91. The van der Waals surface area contributed by atoms with E-state index in [0.29, 0.717) is 13.1 Å². The third-order valence-corrected chi connectivity index (χ3v) is 3.22. The van der Waals surface area contributed by atoms with Gasteiger partial charge < -0.3 is 5.32 Å². The second-order valence-electron chi connectivity index (χ2n) is 4.97. The minimum Gasteiger partial charge on any atom is -0.354 e. The summed E-state index contributed by atoms with van der Waals surface area (Å²) in [6.07, 6.45) is 8.73. The van der Waals surface area contributed by atoms with E-state index < -0.39 is 0 Å². The Balaban J connectivity index is 2.04. The number of amides is 1. The summed E-state index contributed by atoms with van der Waals surface area (Å²) >= 11 is 0. The second kappa shape index (κ2) is 9.47. The standard InChI is InChI=1S/C13H25N5O/c1-3-4-5-6-7-8-12(2)13(19)14-9-10-18-11-15-16-17-18/h11-12H,3-10H2,1-2H3,(H,14,19). The minimum absolute atomic E-state index is 0.0931. The Morgan fingerprint density at radius 2 is 2.11 bits per heavy atom. The molecule has 1 aromatic rings. The largest absolute Gasteiger partial charge is 0.354 e. The van der Waals surface area contributed by atoms with E-state index in [1.54, 1.807) is 11.0 Å². The predicted octanol–water partition coefficient (Wildman–Crippen LogP) is 1.79. The summed E-state index contributed by atoms with van der Waals surface area (Å²) in [6.45, 7) is 5.39. The predicted molar refractivity (Wildman–Crippen MR) is 73.4 cm³/mol. The molecule has 1 unspecified atom stereocenters. The van der Waals surface area contributed by atoms with Gasteiger partial charge in [0.05, 0.1) is 6.54 Å². The van der Waals surface area contributed by atoms with E-state index in [4.69, 9.17) is 0 Å². The molecular formula is C13H25N5O. The van der Waals surface area contributed by atoms with Crippen molar-refractivity contribution in [1.29, 1.82) is 0 Å². The molecule has 0 saturated heterocycles. The van der Waals surface area contributed by atoms with E-state index in [9.17, 15) is 4.79 Å². The summed E-state index contributed by atoms with van der Waals surface area (Å²) in [4.78, 5) is 11.8. The molecule has 0 spiro atoms. The van der Waals surface area contributed by atoms with Crippen molar-refractivity contribution in [3.05, 3.63) is 6.33 Å². The lowest BCUT2D eigenvalue weighted by Gasteiger charge is -2.11. The molecule has 0 aliphatic rings. The smallest absolute Gasteiger partial charge is 0.222 e. The highest BCUT2D eigenvalue weighted by Crippen LogP contribution is 2.11. The SMILES string of the molecule is CCCCCCCC(C)C(=O)NCCn1cnnn1. The molecule has 108 valence electrons. The number of tetrazole rings is 1. The number of hydrogen-bond donors (Lipinski definition) is 1. The van der Waals surface area contributed by atoms with Crippen LogP contribution in [0.3, 0.4) is 0 Å². The maximum atomic E-state index is 11.8. The van der Waals surface area contributed by atoms with Gasteiger partial charge in [-0.1, -0.05) is 46.0 Å². The molecule has 0 radical (unpaired) electrons. The molecule has 0 saturated carbocycles. The summed E-state index contributed by atoms with van der Waals surface area (Å²) in [5.74, 6) is 0.221. The van der Waals surface area contributed by atoms with Crippen molar-refractivity contribution < 1.29 is 4.79 Å². The van der Waals surface area contributed by atoms with Crippen LogP contribution in [0.25, 0.3) is 0 Å². The third kappa shape index (κ3) is 6.88. The Morgan fingerprint density at radius 3 is 2.79 bits per heavy atom. The topological polar surface area (TPSA) is 72.7 Å². The zero-order valence-corrected chi connectivity index (χ0v) is 12.0.